The zero-order valence-electron chi connectivity index (χ0n) is 9.12. The summed E-state index contributed by atoms with van der Waals surface area (Å²) in [6, 6.07) is 3.72. The number of nitrogens with one attached hydrogen (secondary N) is 1. The van der Waals surface area contributed by atoms with Gasteiger partial charge in [0.1, 0.15) is 5.76 Å². The van der Waals surface area contributed by atoms with E-state index in [-0.39, 0.29) is 0 Å². The summed E-state index contributed by atoms with van der Waals surface area (Å²) in [5.74, 6) is 0.824. The van der Waals surface area contributed by atoms with E-state index in [4.69, 9.17) is 16.1 Å². The molecule has 0 aliphatic heterocycles. The summed E-state index contributed by atoms with van der Waals surface area (Å²) in [7, 11) is 0. The van der Waals surface area contributed by atoms with Crippen LogP contribution in [0.25, 0.3) is 0 Å². The van der Waals surface area contributed by atoms with Crippen LogP contribution in [-0.2, 0) is 6.54 Å². The molecule has 0 saturated heterocycles. The number of aromatic nitrogens is 2. The van der Waals surface area contributed by atoms with Gasteiger partial charge in [-0.25, -0.2) is 4.98 Å². The fourth-order valence-electron chi connectivity index (χ4n) is 1.46. The van der Waals surface area contributed by atoms with E-state index in [2.05, 4.69) is 15.5 Å². The molecule has 2 aromatic rings. The molecule has 0 saturated carbocycles. The summed E-state index contributed by atoms with van der Waals surface area (Å²) in [5, 5.41) is 7.56. The van der Waals surface area contributed by atoms with Crippen LogP contribution < -0.4 is 5.32 Å². The Labute approximate surface area is 98.6 Å². The largest absolute Gasteiger partial charge is 0.378 e. The van der Waals surface area contributed by atoms with Crippen molar-refractivity contribution in [1.29, 1.82) is 0 Å². The molecule has 4 nitrogen and oxygen atoms in total. The Morgan fingerprint density at radius 1 is 1.44 bits per heavy atom. The van der Waals surface area contributed by atoms with E-state index in [0.717, 1.165) is 22.7 Å². The molecule has 0 unspecified atom stereocenters. The maximum atomic E-state index is 5.93. The molecule has 1 N–H and O–H groups in total. The van der Waals surface area contributed by atoms with Crippen LogP contribution in [-0.4, -0.2) is 10.1 Å². The molecule has 0 spiro atoms. The number of halogens is 1. The second-order valence-corrected chi connectivity index (χ2v) is 3.86. The maximum absolute atomic E-state index is 5.93. The molecule has 2 aromatic heterocycles. The Balaban J connectivity index is 2.11. The predicted octanol–water partition coefficient (Wildman–Crippen LogP) is 2.95. The van der Waals surface area contributed by atoms with E-state index in [9.17, 15) is 0 Å². The highest BCUT2D eigenvalue weighted by Gasteiger charge is 2.09. The molecule has 0 aromatic carbocycles. The Hall–Kier alpha value is -1.55. The number of rotatable bonds is 3. The normalized spacial score (nSPS) is 10.4. The SMILES string of the molecule is Cc1noc(C)c1CNc1cccnc1Cl. The van der Waals surface area contributed by atoms with Gasteiger partial charge in [-0.2, -0.15) is 0 Å². The lowest BCUT2D eigenvalue weighted by Crippen LogP contribution is -2.02. The van der Waals surface area contributed by atoms with Crippen molar-refractivity contribution in [2.24, 2.45) is 0 Å². The van der Waals surface area contributed by atoms with Gasteiger partial charge in [0.25, 0.3) is 0 Å². The molecule has 0 fully saturated rings. The van der Waals surface area contributed by atoms with E-state index in [1.165, 1.54) is 0 Å². The maximum Gasteiger partial charge on any atom is 0.152 e. The highest BCUT2D eigenvalue weighted by Crippen LogP contribution is 2.20. The van der Waals surface area contributed by atoms with Crippen LogP contribution in [0.15, 0.2) is 22.9 Å². The lowest BCUT2D eigenvalue weighted by molar-refractivity contribution is 0.392. The summed E-state index contributed by atoms with van der Waals surface area (Å²) in [5.41, 5.74) is 2.76. The lowest BCUT2D eigenvalue weighted by atomic mass is 10.2. The first-order chi connectivity index (χ1) is 7.68. The molecule has 0 aliphatic carbocycles. The molecule has 2 heterocycles. The van der Waals surface area contributed by atoms with Gasteiger partial charge in [-0.3, -0.25) is 0 Å². The quantitative estimate of drug-likeness (QED) is 0.834. The molecular weight excluding hydrogens is 226 g/mol. The van der Waals surface area contributed by atoms with Crippen LogP contribution in [0.5, 0.6) is 0 Å². The van der Waals surface area contributed by atoms with Gasteiger partial charge in [0.05, 0.1) is 11.4 Å². The molecule has 5 heteroatoms. The van der Waals surface area contributed by atoms with Crippen molar-refractivity contribution in [2.45, 2.75) is 20.4 Å². The smallest absolute Gasteiger partial charge is 0.152 e. The zero-order chi connectivity index (χ0) is 11.5. The van der Waals surface area contributed by atoms with Crippen LogP contribution >= 0.6 is 11.6 Å². The van der Waals surface area contributed by atoms with Gasteiger partial charge in [-0.1, -0.05) is 16.8 Å². The average molecular weight is 238 g/mol. The average Bonchev–Trinajstić information content (AvgIpc) is 2.58. The fraction of sp³-hybridized carbons (Fsp3) is 0.273. The van der Waals surface area contributed by atoms with E-state index in [0.29, 0.717) is 11.7 Å². The van der Waals surface area contributed by atoms with Crippen LogP contribution in [0.1, 0.15) is 17.0 Å². The number of hydrogen-bond donors (Lipinski definition) is 1. The van der Waals surface area contributed by atoms with Gasteiger partial charge in [0.2, 0.25) is 0 Å². The first-order valence-corrected chi connectivity index (χ1v) is 5.32. The van der Waals surface area contributed by atoms with Crippen molar-refractivity contribution in [2.75, 3.05) is 5.32 Å². The van der Waals surface area contributed by atoms with Crippen molar-refractivity contribution in [3.63, 3.8) is 0 Å². The second-order valence-electron chi connectivity index (χ2n) is 3.50. The molecule has 0 radical (unpaired) electrons. The Morgan fingerprint density at radius 2 is 2.25 bits per heavy atom. The molecule has 0 bridgehead atoms. The topological polar surface area (TPSA) is 51.0 Å². The highest BCUT2D eigenvalue weighted by atomic mass is 35.5. The summed E-state index contributed by atoms with van der Waals surface area (Å²) >= 11 is 5.93. The monoisotopic (exact) mass is 237 g/mol. The Kier molecular flexibility index (Phi) is 3.10. The van der Waals surface area contributed by atoms with E-state index in [1.54, 1.807) is 6.20 Å². The minimum atomic E-state index is 0.467. The van der Waals surface area contributed by atoms with Crippen LogP contribution in [0.3, 0.4) is 0 Å². The number of aryl methyl sites for hydroxylation is 2. The van der Waals surface area contributed by atoms with Gasteiger partial charge >= 0.3 is 0 Å². The summed E-state index contributed by atoms with van der Waals surface area (Å²) < 4.78 is 5.08. The first-order valence-electron chi connectivity index (χ1n) is 4.94. The van der Waals surface area contributed by atoms with E-state index in [1.807, 2.05) is 26.0 Å². The summed E-state index contributed by atoms with van der Waals surface area (Å²) in [6.07, 6.45) is 1.66. The van der Waals surface area contributed by atoms with Gasteiger partial charge < -0.3 is 9.84 Å². The number of nitrogens with zero attached hydrogens (tertiary/aromatic N) is 2. The zero-order valence-corrected chi connectivity index (χ0v) is 9.88. The van der Waals surface area contributed by atoms with Crippen molar-refractivity contribution in [1.82, 2.24) is 10.1 Å². The van der Waals surface area contributed by atoms with Gasteiger partial charge in [0, 0.05) is 18.3 Å². The molecule has 84 valence electrons. The minimum absolute atomic E-state index is 0.467. The number of anilines is 1. The molecular formula is C11H12ClN3O. The Bertz CT molecular complexity index is 476. The molecule has 2 rings (SSSR count). The van der Waals surface area contributed by atoms with E-state index >= 15 is 0 Å². The van der Waals surface area contributed by atoms with Crippen LogP contribution in [0.4, 0.5) is 5.69 Å². The predicted molar refractivity (Wildman–Crippen MR) is 62.6 cm³/mol. The molecule has 0 atom stereocenters. The van der Waals surface area contributed by atoms with Crippen molar-refractivity contribution < 1.29 is 4.52 Å². The van der Waals surface area contributed by atoms with E-state index < -0.39 is 0 Å². The third-order valence-electron chi connectivity index (χ3n) is 2.40. The molecule has 0 aliphatic rings. The number of hydrogen-bond acceptors (Lipinski definition) is 4. The van der Waals surface area contributed by atoms with Gasteiger partial charge in [0.15, 0.2) is 5.15 Å². The Morgan fingerprint density at radius 3 is 2.88 bits per heavy atom. The molecule has 16 heavy (non-hydrogen) atoms. The van der Waals surface area contributed by atoms with Crippen LogP contribution in [0, 0.1) is 13.8 Å². The lowest BCUT2D eigenvalue weighted by Gasteiger charge is -2.06. The second kappa shape index (κ2) is 4.53. The van der Waals surface area contributed by atoms with Crippen LogP contribution in [0.2, 0.25) is 5.15 Å². The third-order valence-corrected chi connectivity index (χ3v) is 2.70. The minimum Gasteiger partial charge on any atom is -0.378 e. The third kappa shape index (κ3) is 2.17. The van der Waals surface area contributed by atoms with Crippen molar-refractivity contribution in [3.05, 3.63) is 40.5 Å². The van der Waals surface area contributed by atoms with Gasteiger partial charge in [-0.05, 0) is 26.0 Å². The number of pyridine rings is 1. The van der Waals surface area contributed by atoms with Gasteiger partial charge in [-0.15, -0.1) is 0 Å². The van der Waals surface area contributed by atoms with Crippen molar-refractivity contribution >= 4 is 17.3 Å². The summed E-state index contributed by atoms with van der Waals surface area (Å²) in [6.45, 7) is 4.44. The highest BCUT2D eigenvalue weighted by molar-refractivity contribution is 6.31. The standard InChI is InChI=1S/C11H12ClN3O/c1-7-9(8(2)16-15-7)6-14-10-4-3-5-13-11(10)12/h3-5,14H,6H2,1-2H3. The summed E-state index contributed by atoms with van der Waals surface area (Å²) in [4.78, 5) is 3.99. The molecule has 0 amide bonds. The fourth-order valence-corrected chi connectivity index (χ4v) is 1.64. The first kappa shape index (κ1) is 11.0. The van der Waals surface area contributed by atoms with Crippen molar-refractivity contribution in [3.8, 4) is 0 Å².